The first kappa shape index (κ1) is 15.1. The van der Waals surface area contributed by atoms with Crippen LogP contribution in [0.5, 0.6) is 11.6 Å². The second-order valence-corrected chi connectivity index (χ2v) is 4.57. The molecular weight excluding hydrogens is 313 g/mol. The number of aromatic amines is 1. The van der Waals surface area contributed by atoms with Gasteiger partial charge in [0.1, 0.15) is 17.6 Å². The summed E-state index contributed by atoms with van der Waals surface area (Å²) >= 11 is 0. The van der Waals surface area contributed by atoms with E-state index in [4.69, 9.17) is 4.74 Å². The molecule has 0 aliphatic heterocycles. The highest BCUT2D eigenvalue weighted by Crippen LogP contribution is 2.23. The van der Waals surface area contributed by atoms with Gasteiger partial charge in [0.05, 0.1) is 12.9 Å². The van der Waals surface area contributed by atoms with Crippen LogP contribution in [0.15, 0.2) is 36.9 Å². The van der Waals surface area contributed by atoms with Crippen LogP contribution in [0.2, 0.25) is 0 Å². The average Bonchev–Trinajstić information content (AvgIpc) is 2.97. The second kappa shape index (κ2) is 6.11. The molecule has 2 aromatic heterocycles. The molecule has 3 rings (SSSR count). The molecule has 0 saturated heterocycles. The number of halogens is 3. The molecule has 23 heavy (non-hydrogen) atoms. The maximum absolute atomic E-state index is 12.1. The van der Waals surface area contributed by atoms with Crippen molar-refractivity contribution in [1.29, 1.82) is 0 Å². The van der Waals surface area contributed by atoms with Crippen LogP contribution in [0, 0.1) is 0 Å². The monoisotopic (exact) mass is 324 g/mol. The Morgan fingerprint density at radius 1 is 1.04 bits per heavy atom. The number of hydrogen-bond donors (Lipinski definition) is 1. The Labute approximate surface area is 128 Å². The summed E-state index contributed by atoms with van der Waals surface area (Å²) in [5, 5.41) is 0. The highest BCUT2D eigenvalue weighted by atomic mass is 19.4. The van der Waals surface area contributed by atoms with E-state index in [1.54, 1.807) is 12.1 Å². The smallest absolute Gasteiger partial charge is 0.476 e. The Bertz CT molecular complexity index is 787. The van der Waals surface area contributed by atoms with Gasteiger partial charge in [-0.15, -0.1) is 13.2 Å². The number of benzene rings is 1. The molecule has 0 radical (unpaired) electrons. The van der Waals surface area contributed by atoms with Gasteiger partial charge in [-0.3, -0.25) is 0 Å². The van der Waals surface area contributed by atoms with Gasteiger partial charge >= 0.3 is 6.36 Å². The van der Waals surface area contributed by atoms with Crippen LogP contribution in [-0.2, 0) is 6.42 Å². The second-order valence-electron chi connectivity index (χ2n) is 4.57. The number of aromatic nitrogens is 4. The minimum Gasteiger partial charge on any atom is -0.476 e. The fraction of sp³-hybridized carbons (Fsp3) is 0.214. The molecular formula is C14H11F3N4O2. The van der Waals surface area contributed by atoms with Crippen molar-refractivity contribution in [2.75, 3.05) is 6.61 Å². The summed E-state index contributed by atoms with van der Waals surface area (Å²) in [5.41, 5.74) is 1.92. The van der Waals surface area contributed by atoms with Gasteiger partial charge in [-0.1, -0.05) is 12.1 Å². The lowest BCUT2D eigenvalue weighted by atomic mass is 10.1. The van der Waals surface area contributed by atoms with Crippen molar-refractivity contribution in [3.63, 3.8) is 0 Å². The summed E-state index contributed by atoms with van der Waals surface area (Å²) in [6, 6.07) is 5.63. The lowest BCUT2D eigenvalue weighted by Crippen LogP contribution is -2.17. The Hall–Kier alpha value is -2.84. The Morgan fingerprint density at radius 3 is 2.57 bits per heavy atom. The third kappa shape index (κ3) is 3.87. The summed E-state index contributed by atoms with van der Waals surface area (Å²) in [6.07, 6.45) is -1.34. The fourth-order valence-electron chi connectivity index (χ4n) is 1.98. The number of H-pyrrole nitrogens is 1. The molecule has 120 valence electrons. The minimum absolute atomic E-state index is 0.253. The van der Waals surface area contributed by atoms with Gasteiger partial charge in [-0.2, -0.15) is 4.98 Å². The quantitative estimate of drug-likeness (QED) is 0.781. The lowest BCUT2D eigenvalue weighted by molar-refractivity contribution is -0.274. The molecule has 0 fully saturated rings. The van der Waals surface area contributed by atoms with E-state index in [1.807, 2.05) is 0 Å². The van der Waals surface area contributed by atoms with Crippen molar-refractivity contribution in [1.82, 2.24) is 19.9 Å². The van der Waals surface area contributed by atoms with Crippen LogP contribution in [0.4, 0.5) is 13.2 Å². The van der Waals surface area contributed by atoms with Crippen LogP contribution in [0.3, 0.4) is 0 Å². The number of alkyl halides is 3. The van der Waals surface area contributed by atoms with E-state index in [-0.39, 0.29) is 5.75 Å². The van der Waals surface area contributed by atoms with E-state index in [9.17, 15) is 13.2 Å². The van der Waals surface area contributed by atoms with Crippen LogP contribution in [-0.4, -0.2) is 32.9 Å². The summed E-state index contributed by atoms with van der Waals surface area (Å²) in [5.74, 6) is 0.127. The van der Waals surface area contributed by atoms with Gasteiger partial charge in [0, 0.05) is 6.42 Å². The molecule has 9 heteroatoms. The number of fused-ring (bicyclic) bond motifs is 1. The average molecular weight is 324 g/mol. The summed E-state index contributed by atoms with van der Waals surface area (Å²) in [7, 11) is 0. The molecule has 0 atom stereocenters. The first-order valence-corrected chi connectivity index (χ1v) is 6.63. The van der Waals surface area contributed by atoms with Gasteiger partial charge in [0.2, 0.25) is 5.88 Å². The van der Waals surface area contributed by atoms with Crippen molar-refractivity contribution >= 4 is 11.2 Å². The lowest BCUT2D eigenvalue weighted by Gasteiger charge is -2.09. The largest absolute Gasteiger partial charge is 0.573 e. The van der Waals surface area contributed by atoms with Crippen LogP contribution < -0.4 is 9.47 Å². The number of rotatable bonds is 5. The van der Waals surface area contributed by atoms with Gasteiger partial charge in [0.25, 0.3) is 0 Å². The van der Waals surface area contributed by atoms with E-state index in [0.29, 0.717) is 30.1 Å². The Morgan fingerprint density at radius 2 is 1.83 bits per heavy atom. The molecule has 3 aromatic rings. The number of hydrogen-bond acceptors (Lipinski definition) is 5. The third-order valence-electron chi connectivity index (χ3n) is 2.97. The third-order valence-corrected chi connectivity index (χ3v) is 2.97. The van der Waals surface area contributed by atoms with Crippen molar-refractivity contribution < 1.29 is 22.6 Å². The van der Waals surface area contributed by atoms with Crippen molar-refractivity contribution in [3.05, 3.63) is 42.5 Å². The molecule has 0 bridgehead atoms. The zero-order valence-electron chi connectivity index (χ0n) is 11.7. The number of nitrogens with zero attached hydrogens (tertiary/aromatic N) is 3. The number of imidazole rings is 1. The maximum atomic E-state index is 12.1. The molecule has 6 nitrogen and oxygen atoms in total. The first-order valence-electron chi connectivity index (χ1n) is 6.63. The normalized spacial score (nSPS) is 11.6. The molecule has 0 unspecified atom stereocenters. The highest BCUT2D eigenvalue weighted by molar-refractivity contribution is 5.74. The van der Waals surface area contributed by atoms with Gasteiger partial charge in [-0.05, 0) is 17.7 Å². The van der Waals surface area contributed by atoms with Gasteiger partial charge in [-0.25, -0.2) is 9.97 Å². The Balaban J connectivity index is 1.57. The summed E-state index contributed by atoms with van der Waals surface area (Å²) in [6.45, 7) is 0.310. The van der Waals surface area contributed by atoms with Crippen molar-refractivity contribution in [2.24, 2.45) is 0 Å². The molecule has 0 saturated carbocycles. The molecule has 0 aliphatic carbocycles. The predicted molar refractivity (Wildman–Crippen MR) is 74.0 cm³/mol. The van der Waals surface area contributed by atoms with E-state index in [1.165, 1.54) is 24.8 Å². The van der Waals surface area contributed by atoms with Gasteiger partial charge in [0.15, 0.2) is 5.65 Å². The molecule has 2 heterocycles. The van der Waals surface area contributed by atoms with Gasteiger partial charge < -0.3 is 14.5 Å². The minimum atomic E-state index is -4.69. The molecule has 0 amide bonds. The van der Waals surface area contributed by atoms with Crippen molar-refractivity contribution in [3.8, 4) is 11.6 Å². The standard InChI is InChI=1S/C14H11F3N4O2/c15-14(16,17)23-10-3-1-9(2-4-10)5-6-22-13-11-12(19-7-18-11)20-8-21-13/h1-4,7-8H,5-6H2,(H,18,19,20,21). The van der Waals surface area contributed by atoms with E-state index in [2.05, 4.69) is 24.7 Å². The SMILES string of the molecule is FC(F)(F)Oc1ccc(CCOc2ncnc3nc[nH]c23)cc1. The first-order chi connectivity index (χ1) is 11.0. The van der Waals surface area contributed by atoms with E-state index < -0.39 is 6.36 Å². The summed E-state index contributed by atoms with van der Waals surface area (Å²) in [4.78, 5) is 14.9. The molecule has 0 spiro atoms. The number of nitrogens with one attached hydrogen (secondary N) is 1. The summed E-state index contributed by atoms with van der Waals surface area (Å²) < 4.78 is 45.6. The van der Waals surface area contributed by atoms with Crippen LogP contribution in [0.1, 0.15) is 5.56 Å². The number of ether oxygens (including phenoxy) is 2. The molecule has 1 aromatic carbocycles. The molecule has 0 aliphatic rings. The Kier molecular flexibility index (Phi) is 4.00. The topological polar surface area (TPSA) is 72.9 Å². The van der Waals surface area contributed by atoms with Crippen LogP contribution >= 0.6 is 0 Å². The van der Waals surface area contributed by atoms with Crippen LogP contribution in [0.25, 0.3) is 11.2 Å². The zero-order valence-corrected chi connectivity index (χ0v) is 11.7. The molecule has 1 N–H and O–H groups in total. The van der Waals surface area contributed by atoms with E-state index in [0.717, 1.165) is 5.56 Å². The zero-order chi connectivity index (χ0) is 16.3. The van der Waals surface area contributed by atoms with Crippen molar-refractivity contribution in [2.45, 2.75) is 12.8 Å². The van der Waals surface area contributed by atoms with E-state index >= 15 is 0 Å². The maximum Gasteiger partial charge on any atom is 0.573 e. The highest BCUT2D eigenvalue weighted by Gasteiger charge is 2.30. The predicted octanol–water partition coefficient (Wildman–Crippen LogP) is 2.87. The fourth-order valence-corrected chi connectivity index (χ4v) is 1.98.